The van der Waals surface area contributed by atoms with Gasteiger partial charge in [0.25, 0.3) is 11.5 Å². The number of ether oxygens (including phenoxy) is 4. The molecule has 4 aromatic rings. The van der Waals surface area contributed by atoms with Gasteiger partial charge in [0.05, 0.1) is 43.5 Å². The maximum Gasteiger partial charge on any atom is 0.282 e. The smallest absolute Gasteiger partial charge is 0.282 e. The molecule has 0 radical (unpaired) electrons. The van der Waals surface area contributed by atoms with E-state index in [-0.39, 0.29) is 24.0 Å². The molecular weight excluding hydrogens is 572 g/mol. The first-order valence-corrected chi connectivity index (χ1v) is 15.4. The quantitative estimate of drug-likeness (QED) is 0.209. The molecule has 0 N–H and O–H groups in total. The minimum Gasteiger partial charge on any atom is -0.494 e. The Balaban J connectivity index is 1.52. The molecule has 5 rings (SSSR count). The number of benzene rings is 3. The molecule has 1 saturated heterocycles. The first kappa shape index (κ1) is 31.7. The molecule has 236 valence electrons. The van der Waals surface area contributed by atoms with E-state index in [4.69, 9.17) is 23.9 Å². The molecule has 1 aromatic heterocycles. The number of para-hydroxylation sites is 1. The highest BCUT2D eigenvalue weighted by Crippen LogP contribution is 2.34. The average Bonchev–Trinajstić information content (AvgIpc) is 3.04. The van der Waals surface area contributed by atoms with Gasteiger partial charge in [0.2, 0.25) is 0 Å². The minimum atomic E-state index is -0.280. The number of morpholine rings is 1. The van der Waals surface area contributed by atoms with Crippen LogP contribution in [0.15, 0.2) is 64.5 Å². The molecule has 45 heavy (non-hydrogen) atoms. The van der Waals surface area contributed by atoms with Crippen molar-refractivity contribution in [1.82, 2.24) is 14.6 Å². The molecule has 0 aliphatic carbocycles. The Bertz CT molecular complexity index is 1760. The molecule has 0 bridgehead atoms. The van der Waals surface area contributed by atoms with Gasteiger partial charge in [-0.05, 0) is 85.8 Å². The van der Waals surface area contributed by atoms with Crippen LogP contribution < -0.4 is 19.8 Å². The lowest BCUT2D eigenvalue weighted by Crippen LogP contribution is -2.43. The SMILES string of the molecule is CCOc1cc(C=Nn2c(-c3cc(C(C)C)c(OCC)cc3C)nc3ccccc3c2=O)ccc1OCC(=O)N1CCOCC1. The van der Waals surface area contributed by atoms with Crippen molar-refractivity contribution in [2.75, 3.05) is 46.1 Å². The number of fused-ring (bicyclic) bond motifs is 1. The van der Waals surface area contributed by atoms with Crippen molar-refractivity contribution in [2.24, 2.45) is 5.10 Å². The van der Waals surface area contributed by atoms with Crippen LogP contribution in [0.2, 0.25) is 0 Å². The predicted molar refractivity (Wildman–Crippen MR) is 175 cm³/mol. The Labute approximate surface area is 263 Å². The normalized spacial score (nSPS) is 13.5. The molecular formula is C35H40N4O6. The van der Waals surface area contributed by atoms with Gasteiger partial charge in [-0.15, -0.1) is 0 Å². The number of carbonyl (C=O) groups is 1. The van der Waals surface area contributed by atoms with Crippen molar-refractivity contribution in [3.8, 4) is 28.6 Å². The highest BCUT2D eigenvalue weighted by atomic mass is 16.5. The van der Waals surface area contributed by atoms with E-state index in [2.05, 4.69) is 18.9 Å². The van der Waals surface area contributed by atoms with Gasteiger partial charge in [-0.1, -0.05) is 26.0 Å². The summed E-state index contributed by atoms with van der Waals surface area (Å²) in [6.45, 7) is 13.1. The first-order chi connectivity index (χ1) is 21.8. The molecule has 1 amide bonds. The largest absolute Gasteiger partial charge is 0.494 e. The topological polar surface area (TPSA) is 104 Å². The van der Waals surface area contributed by atoms with Gasteiger partial charge in [-0.25, -0.2) is 4.98 Å². The summed E-state index contributed by atoms with van der Waals surface area (Å²) in [6.07, 6.45) is 1.60. The van der Waals surface area contributed by atoms with Crippen molar-refractivity contribution in [3.05, 3.63) is 81.6 Å². The van der Waals surface area contributed by atoms with Crippen LogP contribution in [0.5, 0.6) is 17.2 Å². The zero-order chi connectivity index (χ0) is 31.9. The summed E-state index contributed by atoms with van der Waals surface area (Å²) in [6, 6.07) is 16.6. The third-order valence-corrected chi connectivity index (χ3v) is 7.58. The van der Waals surface area contributed by atoms with E-state index in [1.54, 1.807) is 35.4 Å². The highest BCUT2D eigenvalue weighted by Gasteiger charge is 2.20. The fourth-order valence-electron chi connectivity index (χ4n) is 5.24. The van der Waals surface area contributed by atoms with Crippen LogP contribution in [-0.2, 0) is 9.53 Å². The monoisotopic (exact) mass is 612 g/mol. The molecule has 1 fully saturated rings. The summed E-state index contributed by atoms with van der Waals surface area (Å²) in [5, 5.41) is 5.13. The van der Waals surface area contributed by atoms with Crippen LogP contribution in [0.4, 0.5) is 0 Å². The molecule has 2 heterocycles. The van der Waals surface area contributed by atoms with Gasteiger partial charge in [0.15, 0.2) is 23.9 Å². The summed E-state index contributed by atoms with van der Waals surface area (Å²) in [5.74, 6) is 2.27. The zero-order valence-corrected chi connectivity index (χ0v) is 26.5. The molecule has 0 saturated carbocycles. The third-order valence-electron chi connectivity index (χ3n) is 7.58. The van der Waals surface area contributed by atoms with Crippen LogP contribution in [-0.4, -0.2) is 72.8 Å². The summed E-state index contributed by atoms with van der Waals surface area (Å²) < 4.78 is 24.3. The van der Waals surface area contributed by atoms with Crippen LogP contribution in [0.1, 0.15) is 50.3 Å². The van der Waals surface area contributed by atoms with Crippen molar-refractivity contribution in [3.63, 3.8) is 0 Å². The van der Waals surface area contributed by atoms with Crippen LogP contribution in [0, 0.1) is 6.92 Å². The molecule has 0 spiro atoms. The lowest BCUT2D eigenvalue weighted by atomic mass is 9.96. The van der Waals surface area contributed by atoms with Gasteiger partial charge in [-0.3, -0.25) is 9.59 Å². The fourth-order valence-corrected chi connectivity index (χ4v) is 5.24. The molecule has 1 aliphatic heterocycles. The van der Waals surface area contributed by atoms with Crippen LogP contribution in [0.3, 0.4) is 0 Å². The predicted octanol–water partition coefficient (Wildman–Crippen LogP) is 5.41. The number of aromatic nitrogens is 2. The van der Waals surface area contributed by atoms with Crippen LogP contribution >= 0.6 is 0 Å². The minimum absolute atomic E-state index is 0.102. The lowest BCUT2D eigenvalue weighted by Gasteiger charge is -2.26. The van der Waals surface area contributed by atoms with E-state index in [1.807, 2.05) is 51.1 Å². The van der Waals surface area contributed by atoms with E-state index in [0.717, 1.165) is 22.4 Å². The van der Waals surface area contributed by atoms with Crippen molar-refractivity contribution in [2.45, 2.75) is 40.5 Å². The van der Waals surface area contributed by atoms with Gasteiger partial charge in [-0.2, -0.15) is 9.78 Å². The first-order valence-electron chi connectivity index (χ1n) is 15.4. The van der Waals surface area contributed by atoms with E-state index < -0.39 is 0 Å². The number of rotatable bonds is 11. The molecule has 3 aromatic carbocycles. The van der Waals surface area contributed by atoms with E-state index in [0.29, 0.717) is 73.3 Å². The molecule has 0 atom stereocenters. The van der Waals surface area contributed by atoms with Gasteiger partial charge in [0, 0.05) is 18.7 Å². The van der Waals surface area contributed by atoms with Gasteiger partial charge < -0.3 is 23.8 Å². The second-order valence-corrected chi connectivity index (χ2v) is 11.0. The van der Waals surface area contributed by atoms with Crippen molar-refractivity contribution in [1.29, 1.82) is 0 Å². The molecule has 10 nitrogen and oxygen atoms in total. The maximum absolute atomic E-state index is 13.8. The Hall–Kier alpha value is -4.70. The second kappa shape index (κ2) is 14.4. The molecule has 10 heteroatoms. The zero-order valence-electron chi connectivity index (χ0n) is 26.5. The Kier molecular flexibility index (Phi) is 10.1. The number of aryl methyl sites for hydroxylation is 1. The fraction of sp³-hybridized carbons (Fsp3) is 0.371. The Morgan fingerprint density at radius 1 is 0.978 bits per heavy atom. The Morgan fingerprint density at radius 3 is 2.44 bits per heavy atom. The molecule has 1 aliphatic rings. The van der Waals surface area contributed by atoms with Gasteiger partial charge in [0.1, 0.15) is 5.75 Å². The maximum atomic E-state index is 13.8. The van der Waals surface area contributed by atoms with Crippen molar-refractivity contribution >= 4 is 23.0 Å². The summed E-state index contributed by atoms with van der Waals surface area (Å²) >= 11 is 0. The summed E-state index contributed by atoms with van der Waals surface area (Å²) in [7, 11) is 0. The number of amides is 1. The lowest BCUT2D eigenvalue weighted by molar-refractivity contribution is -0.137. The molecule has 0 unspecified atom stereocenters. The number of carbonyl (C=O) groups excluding carboxylic acids is 1. The van der Waals surface area contributed by atoms with Crippen molar-refractivity contribution < 1.29 is 23.7 Å². The average molecular weight is 613 g/mol. The van der Waals surface area contributed by atoms with E-state index in [1.165, 1.54) is 4.68 Å². The van der Waals surface area contributed by atoms with E-state index >= 15 is 0 Å². The third kappa shape index (κ3) is 7.17. The van der Waals surface area contributed by atoms with Gasteiger partial charge >= 0.3 is 0 Å². The highest BCUT2D eigenvalue weighted by molar-refractivity contribution is 5.83. The summed E-state index contributed by atoms with van der Waals surface area (Å²) in [4.78, 5) is 33.1. The standard InChI is InChI=1S/C35H40N4O6/c1-6-43-31-18-24(5)28(20-27(31)23(3)4)34-37-29-11-9-8-10-26(29)35(41)39(34)36-21-25-12-13-30(32(19-25)44-7-2)45-22-33(40)38-14-16-42-17-15-38/h8-13,18-21,23H,6-7,14-17,22H2,1-5H3. The van der Waals surface area contributed by atoms with E-state index in [9.17, 15) is 9.59 Å². The van der Waals surface area contributed by atoms with Crippen LogP contribution in [0.25, 0.3) is 22.3 Å². The number of nitrogens with zero attached hydrogens (tertiary/aromatic N) is 4. The Morgan fingerprint density at radius 2 is 1.71 bits per heavy atom. The number of hydrogen-bond acceptors (Lipinski definition) is 8. The summed E-state index contributed by atoms with van der Waals surface area (Å²) in [5.41, 5.74) is 3.74. The second-order valence-electron chi connectivity index (χ2n) is 11.0. The number of hydrogen-bond donors (Lipinski definition) is 0.